The van der Waals surface area contributed by atoms with Crippen LogP contribution in [0.4, 0.5) is 0 Å². The molecule has 2 rings (SSSR count). The monoisotopic (exact) mass is 241 g/mol. The molecule has 2 heterocycles. The number of rotatable bonds is 1. The van der Waals surface area contributed by atoms with Crippen molar-refractivity contribution >= 4 is 0 Å². The van der Waals surface area contributed by atoms with Crippen molar-refractivity contribution in [3.8, 4) is 0 Å². The molecule has 1 atom stereocenters. The third kappa shape index (κ3) is 2.99. The van der Waals surface area contributed by atoms with Crippen LogP contribution in [0, 0.1) is 5.41 Å². The Hall–Kier alpha value is -0.160. The standard InChI is InChI=1S/C13H27N3O/c1-13(2)11-14(3)5-6-15(4)12(13)16-7-9-17-10-8-16/h12H,5-11H2,1-4H3. The van der Waals surface area contributed by atoms with Gasteiger partial charge in [0.2, 0.25) is 0 Å². The Morgan fingerprint density at radius 2 is 1.65 bits per heavy atom. The molecular weight excluding hydrogens is 214 g/mol. The van der Waals surface area contributed by atoms with Gasteiger partial charge in [0.15, 0.2) is 0 Å². The molecule has 0 amide bonds. The number of ether oxygens (including phenoxy) is 1. The van der Waals surface area contributed by atoms with Gasteiger partial charge in [-0.1, -0.05) is 13.8 Å². The van der Waals surface area contributed by atoms with Gasteiger partial charge in [-0.15, -0.1) is 0 Å². The van der Waals surface area contributed by atoms with Crippen molar-refractivity contribution in [3.05, 3.63) is 0 Å². The van der Waals surface area contributed by atoms with E-state index in [2.05, 4.69) is 42.6 Å². The predicted octanol–water partition coefficient (Wildman–Crippen LogP) is 0.548. The zero-order valence-corrected chi connectivity index (χ0v) is 11.8. The van der Waals surface area contributed by atoms with Crippen molar-refractivity contribution in [1.29, 1.82) is 0 Å². The lowest BCUT2D eigenvalue weighted by Gasteiger charge is -2.46. The molecule has 17 heavy (non-hydrogen) atoms. The molecule has 4 nitrogen and oxygen atoms in total. The summed E-state index contributed by atoms with van der Waals surface area (Å²) in [6, 6.07) is 0. The first kappa shape index (κ1) is 13.3. The quantitative estimate of drug-likeness (QED) is 0.667. The zero-order valence-electron chi connectivity index (χ0n) is 11.8. The van der Waals surface area contributed by atoms with Gasteiger partial charge in [-0.05, 0) is 14.1 Å². The van der Waals surface area contributed by atoms with Crippen molar-refractivity contribution in [2.24, 2.45) is 5.41 Å². The Bertz CT molecular complexity index is 251. The molecular formula is C13H27N3O. The molecule has 0 saturated carbocycles. The van der Waals surface area contributed by atoms with Gasteiger partial charge in [-0.2, -0.15) is 0 Å². The third-order valence-electron chi connectivity index (χ3n) is 4.02. The number of nitrogens with zero attached hydrogens (tertiary/aromatic N) is 3. The van der Waals surface area contributed by atoms with Crippen molar-refractivity contribution < 1.29 is 4.74 Å². The molecule has 4 heteroatoms. The van der Waals surface area contributed by atoms with Crippen LogP contribution in [0.25, 0.3) is 0 Å². The molecule has 0 aromatic carbocycles. The highest BCUT2D eigenvalue weighted by atomic mass is 16.5. The zero-order chi connectivity index (χ0) is 12.5. The minimum atomic E-state index is 0.303. The Morgan fingerprint density at radius 3 is 2.29 bits per heavy atom. The van der Waals surface area contributed by atoms with E-state index in [1.807, 2.05) is 0 Å². The van der Waals surface area contributed by atoms with Crippen molar-refractivity contribution in [1.82, 2.24) is 14.7 Å². The van der Waals surface area contributed by atoms with Crippen LogP contribution in [0.2, 0.25) is 0 Å². The highest BCUT2D eigenvalue weighted by molar-refractivity contribution is 4.91. The Labute approximate surface area is 105 Å². The predicted molar refractivity (Wildman–Crippen MR) is 70.1 cm³/mol. The maximum atomic E-state index is 5.48. The topological polar surface area (TPSA) is 19.0 Å². The highest BCUT2D eigenvalue weighted by Crippen LogP contribution is 2.30. The van der Waals surface area contributed by atoms with Crippen LogP contribution in [-0.2, 0) is 4.74 Å². The Balaban J connectivity index is 2.14. The summed E-state index contributed by atoms with van der Waals surface area (Å²) in [5.74, 6) is 0. The van der Waals surface area contributed by atoms with E-state index in [4.69, 9.17) is 4.74 Å². The van der Waals surface area contributed by atoms with Gasteiger partial charge in [0.1, 0.15) is 0 Å². The average Bonchev–Trinajstić information content (AvgIpc) is 2.36. The average molecular weight is 241 g/mol. The summed E-state index contributed by atoms with van der Waals surface area (Å²) in [5, 5.41) is 0. The number of morpholine rings is 1. The first-order valence-corrected chi connectivity index (χ1v) is 6.71. The lowest BCUT2D eigenvalue weighted by Crippen LogP contribution is -2.58. The first-order chi connectivity index (χ1) is 8.00. The molecule has 0 bridgehead atoms. The second kappa shape index (κ2) is 5.22. The van der Waals surface area contributed by atoms with Gasteiger partial charge in [0.05, 0.1) is 19.4 Å². The van der Waals surface area contributed by atoms with Crippen molar-refractivity contribution in [2.45, 2.75) is 20.0 Å². The maximum Gasteiger partial charge on any atom is 0.0687 e. The summed E-state index contributed by atoms with van der Waals surface area (Å²) in [6.07, 6.45) is 0.538. The lowest BCUT2D eigenvalue weighted by molar-refractivity contribution is -0.0666. The molecule has 0 aromatic heterocycles. The number of likely N-dealkylation sites (N-methyl/N-ethyl adjacent to an activating group) is 2. The molecule has 0 spiro atoms. The summed E-state index contributed by atoms with van der Waals surface area (Å²) in [6.45, 7) is 12.2. The van der Waals surface area contributed by atoms with Crippen LogP contribution in [0.5, 0.6) is 0 Å². The van der Waals surface area contributed by atoms with E-state index in [0.717, 1.165) is 32.8 Å². The van der Waals surface area contributed by atoms with Crippen LogP contribution in [-0.4, -0.2) is 80.9 Å². The van der Waals surface area contributed by atoms with Crippen LogP contribution >= 0.6 is 0 Å². The van der Waals surface area contributed by atoms with E-state index >= 15 is 0 Å². The van der Waals surface area contributed by atoms with Gasteiger partial charge in [0.25, 0.3) is 0 Å². The number of hydrogen-bond acceptors (Lipinski definition) is 4. The Kier molecular flexibility index (Phi) is 4.08. The largest absolute Gasteiger partial charge is 0.379 e. The van der Waals surface area contributed by atoms with Gasteiger partial charge in [0, 0.05) is 38.1 Å². The van der Waals surface area contributed by atoms with Gasteiger partial charge >= 0.3 is 0 Å². The van der Waals surface area contributed by atoms with E-state index in [9.17, 15) is 0 Å². The highest BCUT2D eigenvalue weighted by Gasteiger charge is 2.40. The third-order valence-corrected chi connectivity index (χ3v) is 4.02. The van der Waals surface area contributed by atoms with E-state index < -0.39 is 0 Å². The fourth-order valence-corrected chi connectivity index (χ4v) is 3.50. The summed E-state index contributed by atoms with van der Waals surface area (Å²) >= 11 is 0. The van der Waals surface area contributed by atoms with Crippen molar-refractivity contribution in [2.75, 3.05) is 60.0 Å². The molecule has 2 aliphatic rings. The second-order valence-electron chi connectivity index (χ2n) is 6.23. The minimum absolute atomic E-state index is 0.303. The second-order valence-corrected chi connectivity index (χ2v) is 6.23. The van der Waals surface area contributed by atoms with E-state index in [-0.39, 0.29) is 0 Å². The van der Waals surface area contributed by atoms with E-state index in [1.165, 1.54) is 13.1 Å². The molecule has 0 aliphatic carbocycles. The molecule has 100 valence electrons. The van der Waals surface area contributed by atoms with Gasteiger partial charge in [-0.3, -0.25) is 9.80 Å². The minimum Gasteiger partial charge on any atom is -0.379 e. The molecule has 0 aromatic rings. The molecule has 1 unspecified atom stereocenters. The number of hydrogen-bond donors (Lipinski definition) is 0. The summed E-state index contributed by atoms with van der Waals surface area (Å²) in [4.78, 5) is 7.58. The summed E-state index contributed by atoms with van der Waals surface area (Å²) in [5.41, 5.74) is 0.303. The van der Waals surface area contributed by atoms with Crippen molar-refractivity contribution in [3.63, 3.8) is 0 Å². The summed E-state index contributed by atoms with van der Waals surface area (Å²) < 4.78 is 5.48. The fourth-order valence-electron chi connectivity index (χ4n) is 3.50. The smallest absolute Gasteiger partial charge is 0.0687 e. The van der Waals surface area contributed by atoms with Gasteiger partial charge in [-0.25, -0.2) is 0 Å². The molecule has 2 fully saturated rings. The van der Waals surface area contributed by atoms with Crippen LogP contribution in [0.1, 0.15) is 13.8 Å². The normalized spacial score (nSPS) is 33.5. The maximum absolute atomic E-state index is 5.48. The Morgan fingerprint density at radius 1 is 1.00 bits per heavy atom. The first-order valence-electron chi connectivity index (χ1n) is 6.71. The molecule has 0 radical (unpaired) electrons. The van der Waals surface area contributed by atoms with E-state index in [1.54, 1.807) is 0 Å². The SMILES string of the molecule is CN1CCN(C)C(N2CCOCC2)C(C)(C)C1. The van der Waals surface area contributed by atoms with Crippen LogP contribution < -0.4 is 0 Å². The molecule has 2 saturated heterocycles. The van der Waals surface area contributed by atoms with E-state index in [0.29, 0.717) is 11.6 Å². The fraction of sp³-hybridized carbons (Fsp3) is 1.00. The van der Waals surface area contributed by atoms with Crippen LogP contribution in [0.15, 0.2) is 0 Å². The molecule has 0 N–H and O–H groups in total. The lowest BCUT2D eigenvalue weighted by atomic mass is 9.87. The van der Waals surface area contributed by atoms with Gasteiger partial charge < -0.3 is 9.64 Å². The van der Waals surface area contributed by atoms with Crippen LogP contribution in [0.3, 0.4) is 0 Å². The summed E-state index contributed by atoms with van der Waals surface area (Å²) in [7, 11) is 4.50. The molecule has 2 aliphatic heterocycles.